The third-order valence-electron chi connectivity index (χ3n) is 5.46. The van der Waals surface area contributed by atoms with Gasteiger partial charge >= 0.3 is 0 Å². The molecule has 0 saturated heterocycles. The first-order valence-corrected chi connectivity index (χ1v) is 7.18. The first-order chi connectivity index (χ1) is 8.14. The van der Waals surface area contributed by atoms with E-state index in [-0.39, 0.29) is 0 Å². The van der Waals surface area contributed by atoms with Gasteiger partial charge in [-0.15, -0.1) is 0 Å². The molecular weight excluding hydrogens is 208 g/mol. The molecule has 2 nitrogen and oxygen atoms in total. The number of hydrogen-bond donors (Lipinski definition) is 0. The molecule has 5 rings (SSSR count). The van der Waals surface area contributed by atoms with Gasteiger partial charge in [0.05, 0.1) is 11.2 Å². The molecule has 1 aromatic rings. The van der Waals surface area contributed by atoms with Crippen LogP contribution in [0.15, 0.2) is 6.07 Å². The summed E-state index contributed by atoms with van der Waals surface area (Å²) in [6, 6.07) is 2.25. The maximum atomic E-state index is 4.82. The fourth-order valence-electron chi connectivity index (χ4n) is 5.43. The quantitative estimate of drug-likeness (QED) is 0.722. The van der Waals surface area contributed by atoms with E-state index in [9.17, 15) is 0 Å². The van der Waals surface area contributed by atoms with E-state index in [0.29, 0.717) is 5.54 Å². The molecule has 17 heavy (non-hydrogen) atoms. The Morgan fingerprint density at radius 2 is 1.59 bits per heavy atom. The maximum Gasteiger partial charge on any atom is 0.0638 e. The van der Waals surface area contributed by atoms with Gasteiger partial charge in [-0.2, -0.15) is 5.10 Å². The Labute approximate surface area is 103 Å². The predicted molar refractivity (Wildman–Crippen MR) is 67.8 cm³/mol. The van der Waals surface area contributed by atoms with Crippen LogP contribution in [-0.2, 0) is 5.54 Å². The van der Waals surface area contributed by atoms with E-state index >= 15 is 0 Å². The third-order valence-corrected chi connectivity index (χ3v) is 5.46. The second-order valence-corrected chi connectivity index (χ2v) is 6.98. The van der Waals surface area contributed by atoms with Crippen molar-refractivity contribution in [1.82, 2.24) is 9.78 Å². The van der Waals surface area contributed by atoms with Crippen LogP contribution in [0.5, 0.6) is 0 Å². The second-order valence-electron chi connectivity index (χ2n) is 6.98. The lowest BCUT2D eigenvalue weighted by atomic mass is 9.53. The van der Waals surface area contributed by atoms with Crippen LogP contribution in [0.3, 0.4) is 0 Å². The van der Waals surface area contributed by atoms with E-state index in [4.69, 9.17) is 5.10 Å². The van der Waals surface area contributed by atoms with Crippen LogP contribution in [0.25, 0.3) is 0 Å². The van der Waals surface area contributed by atoms with E-state index in [2.05, 4.69) is 24.6 Å². The standard InChI is InChI=1S/C15H22N2/c1-10-3-11(2)17(16-10)15-7-12-4-13(8-15)6-14(5-12)9-15/h3,12-14H,4-9H2,1-2H3. The highest BCUT2D eigenvalue weighted by Crippen LogP contribution is 2.58. The van der Waals surface area contributed by atoms with Crippen molar-refractivity contribution < 1.29 is 0 Å². The largest absolute Gasteiger partial charge is 0.263 e. The van der Waals surface area contributed by atoms with Gasteiger partial charge in [0.1, 0.15) is 0 Å². The topological polar surface area (TPSA) is 17.8 Å². The summed E-state index contributed by atoms with van der Waals surface area (Å²) in [5.74, 6) is 3.01. The maximum absolute atomic E-state index is 4.82. The molecular formula is C15H22N2. The first-order valence-electron chi connectivity index (χ1n) is 7.18. The molecule has 4 fully saturated rings. The summed E-state index contributed by atoms with van der Waals surface area (Å²) < 4.78 is 2.41. The highest BCUT2D eigenvalue weighted by molar-refractivity contribution is 5.13. The fraction of sp³-hybridized carbons (Fsp3) is 0.800. The van der Waals surface area contributed by atoms with Gasteiger partial charge in [-0.3, -0.25) is 4.68 Å². The molecule has 0 amide bonds. The summed E-state index contributed by atoms with van der Waals surface area (Å²) in [5.41, 5.74) is 2.98. The zero-order chi connectivity index (χ0) is 11.6. The van der Waals surface area contributed by atoms with E-state index < -0.39 is 0 Å². The van der Waals surface area contributed by atoms with Gasteiger partial charge in [0.25, 0.3) is 0 Å². The number of rotatable bonds is 1. The zero-order valence-corrected chi connectivity index (χ0v) is 10.9. The Morgan fingerprint density at radius 3 is 2.00 bits per heavy atom. The average Bonchev–Trinajstić information content (AvgIpc) is 2.56. The molecule has 0 unspecified atom stereocenters. The minimum atomic E-state index is 0.410. The summed E-state index contributed by atoms with van der Waals surface area (Å²) >= 11 is 0. The lowest BCUT2D eigenvalue weighted by Gasteiger charge is -2.56. The molecule has 0 aromatic carbocycles. The molecule has 2 heteroatoms. The monoisotopic (exact) mass is 230 g/mol. The van der Waals surface area contributed by atoms with Gasteiger partial charge in [-0.05, 0) is 76.2 Å². The lowest BCUT2D eigenvalue weighted by molar-refractivity contribution is -0.0504. The predicted octanol–water partition coefficient (Wildman–Crippen LogP) is 3.43. The van der Waals surface area contributed by atoms with Crippen molar-refractivity contribution in [2.45, 2.75) is 57.9 Å². The number of aryl methyl sites for hydroxylation is 2. The summed E-state index contributed by atoms with van der Waals surface area (Å²) in [4.78, 5) is 0. The van der Waals surface area contributed by atoms with Crippen LogP contribution >= 0.6 is 0 Å². The molecule has 0 atom stereocenters. The van der Waals surface area contributed by atoms with Gasteiger partial charge in [-0.25, -0.2) is 0 Å². The SMILES string of the molecule is Cc1cc(C)n(C23CC4CC(CC(C4)C2)C3)n1. The van der Waals surface area contributed by atoms with Gasteiger partial charge in [-0.1, -0.05) is 0 Å². The Morgan fingerprint density at radius 1 is 1.06 bits per heavy atom. The van der Waals surface area contributed by atoms with Gasteiger partial charge in [0.2, 0.25) is 0 Å². The summed E-state index contributed by atoms with van der Waals surface area (Å²) in [6.45, 7) is 4.36. The first kappa shape index (κ1) is 10.2. The van der Waals surface area contributed by atoms with Crippen LogP contribution < -0.4 is 0 Å². The van der Waals surface area contributed by atoms with Gasteiger partial charge in [0, 0.05) is 5.69 Å². The van der Waals surface area contributed by atoms with Gasteiger partial charge < -0.3 is 0 Å². The molecule has 1 aromatic heterocycles. The zero-order valence-electron chi connectivity index (χ0n) is 10.9. The molecule has 4 saturated carbocycles. The molecule has 0 N–H and O–H groups in total. The minimum Gasteiger partial charge on any atom is -0.263 e. The molecule has 1 heterocycles. The average molecular weight is 230 g/mol. The van der Waals surface area contributed by atoms with Crippen molar-refractivity contribution >= 4 is 0 Å². The van der Waals surface area contributed by atoms with Crippen molar-refractivity contribution in [3.05, 3.63) is 17.5 Å². The van der Waals surface area contributed by atoms with E-state index in [1.165, 1.54) is 49.9 Å². The highest BCUT2D eigenvalue weighted by Gasteiger charge is 2.52. The van der Waals surface area contributed by atoms with Crippen LogP contribution in [-0.4, -0.2) is 9.78 Å². The van der Waals surface area contributed by atoms with E-state index in [0.717, 1.165) is 17.8 Å². The Kier molecular flexibility index (Phi) is 1.88. The molecule has 0 radical (unpaired) electrons. The Hall–Kier alpha value is -0.790. The summed E-state index contributed by atoms with van der Waals surface area (Å²) in [5, 5.41) is 4.82. The highest BCUT2D eigenvalue weighted by atomic mass is 15.3. The Balaban J connectivity index is 1.79. The second kappa shape index (κ2) is 3.15. The summed E-state index contributed by atoms with van der Waals surface area (Å²) in [6.07, 6.45) is 8.75. The van der Waals surface area contributed by atoms with Crippen LogP contribution in [0, 0.1) is 31.6 Å². The van der Waals surface area contributed by atoms with Crippen molar-refractivity contribution in [2.75, 3.05) is 0 Å². The third kappa shape index (κ3) is 1.36. The number of nitrogens with zero attached hydrogens (tertiary/aromatic N) is 2. The van der Waals surface area contributed by atoms with Crippen LogP contribution in [0.1, 0.15) is 49.9 Å². The lowest BCUT2D eigenvalue weighted by Crippen LogP contribution is -2.52. The minimum absolute atomic E-state index is 0.410. The van der Waals surface area contributed by atoms with Crippen molar-refractivity contribution in [2.24, 2.45) is 17.8 Å². The number of aromatic nitrogens is 2. The molecule has 0 aliphatic heterocycles. The molecule has 4 bridgehead atoms. The smallest absolute Gasteiger partial charge is 0.0638 e. The molecule has 4 aliphatic carbocycles. The van der Waals surface area contributed by atoms with E-state index in [1.807, 2.05) is 0 Å². The molecule has 92 valence electrons. The van der Waals surface area contributed by atoms with Crippen molar-refractivity contribution in [3.8, 4) is 0 Å². The normalized spacial score (nSPS) is 43.3. The molecule has 4 aliphatic rings. The molecule has 0 spiro atoms. The van der Waals surface area contributed by atoms with Crippen LogP contribution in [0.4, 0.5) is 0 Å². The summed E-state index contributed by atoms with van der Waals surface area (Å²) in [7, 11) is 0. The fourth-order valence-corrected chi connectivity index (χ4v) is 5.43. The van der Waals surface area contributed by atoms with Gasteiger partial charge in [0.15, 0.2) is 0 Å². The van der Waals surface area contributed by atoms with Crippen molar-refractivity contribution in [3.63, 3.8) is 0 Å². The van der Waals surface area contributed by atoms with Crippen LogP contribution in [0.2, 0.25) is 0 Å². The van der Waals surface area contributed by atoms with Crippen molar-refractivity contribution in [1.29, 1.82) is 0 Å². The van der Waals surface area contributed by atoms with E-state index in [1.54, 1.807) is 0 Å². The Bertz CT molecular complexity index is 422. The number of hydrogen-bond acceptors (Lipinski definition) is 1.